The number of benzene rings is 1. The molecule has 1 fully saturated rings. The van der Waals surface area contributed by atoms with Crippen LogP contribution in [0.15, 0.2) is 23.3 Å². The van der Waals surface area contributed by atoms with Crippen LogP contribution in [0.25, 0.3) is 0 Å². The lowest BCUT2D eigenvalue weighted by Crippen LogP contribution is -2.21. The lowest BCUT2D eigenvalue weighted by molar-refractivity contribution is -0.120. The van der Waals surface area contributed by atoms with Crippen LogP contribution in [0.5, 0.6) is 11.5 Å². The number of nitrogens with one attached hydrogen (secondary N) is 1. The maximum Gasteiger partial charge on any atom is 0.244 e. The molecule has 1 N–H and O–H groups in total. The highest BCUT2D eigenvalue weighted by molar-refractivity contribution is 5.88. The van der Waals surface area contributed by atoms with Crippen LogP contribution >= 0.6 is 0 Å². The number of rotatable bonds is 5. The van der Waals surface area contributed by atoms with Gasteiger partial charge < -0.3 is 9.47 Å². The highest BCUT2D eigenvalue weighted by Gasteiger charge is 2.10. The van der Waals surface area contributed by atoms with Crippen LogP contribution in [0.2, 0.25) is 0 Å². The Morgan fingerprint density at radius 2 is 1.90 bits per heavy atom. The summed E-state index contributed by atoms with van der Waals surface area (Å²) in [6.45, 7) is 0. The highest BCUT2D eigenvalue weighted by atomic mass is 16.5. The van der Waals surface area contributed by atoms with Gasteiger partial charge in [-0.2, -0.15) is 5.10 Å². The summed E-state index contributed by atoms with van der Waals surface area (Å²) in [5.41, 5.74) is 4.57. The zero-order valence-electron chi connectivity index (χ0n) is 11.9. The maximum atomic E-state index is 11.8. The first-order chi connectivity index (χ1) is 9.72. The lowest BCUT2D eigenvalue weighted by atomic mass is 10.1. The van der Waals surface area contributed by atoms with Crippen molar-refractivity contribution in [3.8, 4) is 11.5 Å². The van der Waals surface area contributed by atoms with E-state index in [-0.39, 0.29) is 12.3 Å². The van der Waals surface area contributed by atoms with Crippen LogP contribution in [0.3, 0.4) is 0 Å². The number of carbonyl (C=O) groups is 1. The molecule has 0 unspecified atom stereocenters. The molecule has 5 heteroatoms. The van der Waals surface area contributed by atoms with Gasteiger partial charge in [-0.05, 0) is 43.4 Å². The molecule has 0 saturated heterocycles. The third kappa shape index (κ3) is 3.73. The molecular weight excluding hydrogens is 256 g/mol. The summed E-state index contributed by atoms with van der Waals surface area (Å²) in [6, 6.07) is 5.45. The monoisotopic (exact) mass is 276 g/mol. The highest BCUT2D eigenvalue weighted by Crippen LogP contribution is 2.27. The van der Waals surface area contributed by atoms with Crippen molar-refractivity contribution >= 4 is 11.6 Å². The summed E-state index contributed by atoms with van der Waals surface area (Å²) >= 11 is 0. The number of ether oxygens (including phenoxy) is 2. The molecule has 108 valence electrons. The second-order valence-electron chi connectivity index (χ2n) is 4.79. The van der Waals surface area contributed by atoms with Crippen LogP contribution in [-0.4, -0.2) is 25.8 Å². The first kappa shape index (κ1) is 14.4. The van der Waals surface area contributed by atoms with E-state index in [4.69, 9.17) is 9.47 Å². The summed E-state index contributed by atoms with van der Waals surface area (Å²) in [6.07, 6.45) is 4.61. The van der Waals surface area contributed by atoms with E-state index in [0.29, 0.717) is 11.5 Å². The molecule has 20 heavy (non-hydrogen) atoms. The largest absolute Gasteiger partial charge is 0.493 e. The summed E-state index contributed by atoms with van der Waals surface area (Å²) in [5.74, 6) is 1.17. The average molecular weight is 276 g/mol. The zero-order valence-corrected chi connectivity index (χ0v) is 11.9. The Labute approximate surface area is 119 Å². The first-order valence-corrected chi connectivity index (χ1v) is 6.78. The van der Waals surface area contributed by atoms with Gasteiger partial charge in [0.05, 0.1) is 20.6 Å². The molecule has 0 aliphatic heterocycles. The van der Waals surface area contributed by atoms with Crippen molar-refractivity contribution in [2.45, 2.75) is 32.1 Å². The minimum atomic E-state index is -0.114. The fourth-order valence-electron chi connectivity index (χ4n) is 2.25. The molecule has 0 radical (unpaired) electrons. The Morgan fingerprint density at radius 3 is 2.55 bits per heavy atom. The van der Waals surface area contributed by atoms with Crippen molar-refractivity contribution in [1.29, 1.82) is 0 Å². The third-order valence-electron chi connectivity index (χ3n) is 3.33. The number of amides is 1. The van der Waals surface area contributed by atoms with E-state index in [1.165, 1.54) is 12.8 Å². The van der Waals surface area contributed by atoms with Crippen molar-refractivity contribution in [2.75, 3.05) is 14.2 Å². The van der Waals surface area contributed by atoms with Gasteiger partial charge >= 0.3 is 0 Å². The molecule has 5 nitrogen and oxygen atoms in total. The molecule has 1 aromatic rings. The number of carbonyl (C=O) groups excluding carboxylic acids is 1. The van der Waals surface area contributed by atoms with Crippen molar-refractivity contribution in [3.05, 3.63) is 23.8 Å². The van der Waals surface area contributed by atoms with E-state index in [1.54, 1.807) is 26.4 Å². The van der Waals surface area contributed by atoms with Gasteiger partial charge in [0, 0.05) is 5.71 Å². The number of hydrogen-bond acceptors (Lipinski definition) is 4. The Kier molecular flexibility index (Phi) is 4.98. The molecular formula is C15H20N2O3. The van der Waals surface area contributed by atoms with Crippen molar-refractivity contribution in [1.82, 2.24) is 5.43 Å². The van der Waals surface area contributed by atoms with Crippen LogP contribution in [0.4, 0.5) is 0 Å². The Bertz CT molecular complexity index is 504. The summed E-state index contributed by atoms with van der Waals surface area (Å²) in [4.78, 5) is 11.8. The molecule has 1 aliphatic carbocycles. The quantitative estimate of drug-likeness (QED) is 0.839. The van der Waals surface area contributed by atoms with Crippen LogP contribution < -0.4 is 14.9 Å². The molecule has 0 aromatic heterocycles. The van der Waals surface area contributed by atoms with Crippen LogP contribution in [-0.2, 0) is 11.2 Å². The van der Waals surface area contributed by atoms with Crippen molar-refractivity contribution < 1.29 is 14.3 Å². The van der Waals surface area contributed by atoms with E-state index in [9.17, 15) is 4.79 Å². The molecule has 1 amide bonds. The molecule has 2 rings (SSSR count). The normalized spacial score (nSPS) is 14.0. The van der Waals surface area contributed by atoms with Gasteiger partial charge in [-0.1, -0.05) is 6.07 Å². The van der Waals surface area contributed by atoms with Crippen molar-refractivity contribution in [2.24, 2.45) is 5.10 Å². The summed E-state index contributed by atoms with van der Waals surface area (Å²) < 4.78 is 10.4. The van der Waals surface area contributed by atoms with E-state index in [2.05, 4.69) is 10.5 Å². The minimum Gasteiger partial charge on any atom is -0.493 e. The van der Waals surface area contributed by atoms with E-state index >= 15 is 0 Å². The first-order valence-electron chi connectivity index (χ1n) is 6.78. The molecule has 1 aromatic carbocycles. The molecule has 1 saturated carbocycles. The fraction of sp³-hybridized carbons (Fsp3) is 0.467. The second-order valence-corrected chi connectivity index (χ2v) is 4.79. The molecule has 0 bridgehead atoms. The second kappa shape index (κ2) is 6.93. The topological polar surface area (TPSA) is 59.9 Å². The predicted molar refractivity (Wildman–Crippen MR) is 77.3 cm³/mol. The van der Waals surface area contributed by atoms with Gasteiger partial charge in [0.15, 0.2) is 11.5 Å². The standard InChI is InChI=1S/C15H20N2O3/c1-19-13-8-7-11(9-14(13)20-2)10-15(18)17-16-12-5-3-4-6-12/h7-9H,3-6,10H2,1-2H3,(H,17,18). The fourth-order valence-corrected chi connectivity index (χ4v) is 2.25. The van der Waals surface area contributed by atoms with Gasteiger partial charge in [0.1, 0.15) is 0 Å². The van der Waals surface area contributed by atoms with Gasteiger partial charge in [0.25, 0.3) is 0 Å². The smallest absolute Gasteiger partial charge is 0.244 e. The van der Waals surface area contributed by atoms with E-state index in [0.717, 1.165) is 24.1 Å². The molecule has 0 spiro atoms. The Morgan fingerprint density at radius 1 is 1.20 bits per heavy atom. The van der Waals surface area contributed by atoms with E-state index < -0.39 is 0 Å². The van der Waals surface area contributed by atoms with Crippen molar-refractivity contribution in [3.63, 3.8) is 0 Å². The molecule has 0 atom stereocenters. The average Bonchev–Trinajstić information content (AvgIpc) is 2.98. The predicted octanol–water partition coefficient (Wildman–Crippen LogP) is 2.29. The number of nitrogens with zero attached hydrogens (tertiary/aromatic N) is 1. The summed E-state index contributed by atoms with van der Waals surface area (Å²) in [5, 5.41) is 4.16. The summed E-state index contributed by atoms with van der Waals surface area (Å²) in [7, 11) is 3.16. The van der Waals surface area contributed by atoms with Gasteiger partial charge in [-0.3, -0.25) is 4.79 Å². The van der Waals surface area contributed by atoms with Gasteiger partial charge in [-0.15, -0.1) is 0 Å². The maximum absolute atomic E-state index is 11.8. The van der Waals surface area contributed by atoms with Crippen LogP contribution in [0, 0.1) is 0 Å². The number of hydrazone groups is 1. The Balaban J connectivity index is 1.95. The molecule has 1 aliphatic rings. The van der Waals surface area contributed by atoms with Gasteiger partial charge in [0.2, 0.25) is 5.91 Å². The number of hydrogen-bond donors (Lipinski definition) is 1. The lowest BCUT2D eigenvalue weighted by Gasteiger charge is -2.09. The van der Waals surface area contributed by atoms with Crippen LogP contribution in [0.1, 0.15) is 31.2 Å². The third-order valence-corrected chi connectivity index (χ3v) is 3.33. The minimum absolute atomic E-state index is 0.114. The van der Waals surface area contributed by atoms with Gasteiger partial charge in [-0.25, -0.2) is 5.43 Å². The molecule has 0 heterocycles. The zero-order chi connectivity index (χ0) is 14.4. The SMILES string of the molecule is COc1ccc(CC(=O)NN=C2CCCC2)cc1OC. The Hall–Kier alpha value is -2.04. The number of methoxy groups -OCH3 is 2. The van der Waals surface area contributed by atoms with E-state index in [1.807, 2.05) is 6.07 Å².